The van der Waals surface area contributed by atoms with Gasteiger partial charge in [0, 0.05) is 24.1 Å². The molecule has 8 atom stereocenters. The highest BCUT2D eigenvalue weighted by Gasteiger charge is 2.69. The van der Waals surface area contributed by atoms with Crippen molar-refractivity contribution in [2.45, 2.75) is 132 Å². The van der Waals surface area contributed by atoms with Crippen LogP contribution >= 0.6 is 0 Å². The van der Waals surface area contributed by atoms with E-state index < -0.39 is 16.7 Å². The zero-order valence-corrected chi connectivity index (χ0v) is 28.3. The molecule has 0 saturated heterocycles. The Bertz CT molecular complexity index is 1520. The van der Waals surface area contributed by atoms with Crippen LogP contribution in [-0.4, -0.2) is 27.5 Å². The Hall–Kier alpha value is -2.44. The number of nitrogens with zero attached hydrogens (tertiary/aromatic N) is 1. The van der Waals surface area contributed by atoms with Gasteiger partial charge in [0.1, 0.15) is 6.10 Å². The summed E-state index contributed by atoms with van der Waals surface area (Å²) in [4.78, 5) is 53.8. The van der Waals surface area contributed by atoms with E-state index in [4.69, 9.17) is 4.74 Å². The summed E-state index contributed by atoms with van der Waals surface area (Å²) in [5.41, 5.74) is -0.118. The third kappa shape index (κ3) is 4.26. The van der Waals surface area contributed by atoms with Crippen LogP contribution in [0.1, 0.15) is 131 Å². The minimum atomic E-state index is -0.642. The molecule has 1 aromatic rings. The van der Waals surface area contributed by atoms with Gasteiger partial charge in [0.2, 0.25) is 5.91 Å². The molecule has 2 unspecified atom stereocenters. The molecule has 1 N–H and O–H groups in total. The van der Waals surface area contributed by atoms with E-state index in [1.807, 2.05) is 6.92 Å². The number of hydrogen-bond acceptors (Lipinski definition) is 5. The molecule has 7 heteroatoms. The molecule has 5 aliphatic carbocycles. The van der Waals surface area contributed by atoms with E-state index in [0.717, 1.165) is 64.2 Å². The van der Waals surface area contributed by atoms with Gasteiger partial charge < -0.3 is 4.74 Å². The zero-order valence-electron chi connectivity index (χ0n) is 28.3. The molecule has 1 heterocycles. The van der Waals surface area contributed by atoms with E-state index in [2.05, 4.69) is 59.5 Å². The number of esters is 1. The summed E-state index contributed by atoms with van der Waals surface area (Å²) >= 11 is 0. The fraction of sp³-hybridized carbons (Fsp3) is 0.784. The molecular formula is C37H54N2O5. The van der Waals surface area contributed by atoms with E-state index in [0.29, 0.717) is 18.3 Å². The zero-order chi connectivity index (χ0) is 32.1. The molecule has 1 aromatic heterocycles. The molecule has 7 nitrogen and oxygen atoms in total. The molecule has 44 heavy (non-hydrogen) atoms. The lowest BCUT2D eigenvalue weighted by molar-refractivity contribution is -0.211. The highest BCUT2D eigenvalue weighted by atomic mass is 16.5. The molecular weight excluding hydrogens is 552 g/mol. The van der Waals surface area contributed by atoms with Gasteiger partial charge in [0.15, 0.2) is 0 Å². The van der Waals surface area contributed by atoms with Crippen LogP contribution in [0.4, 0.5) is 0 Å². The van der Waals surface area contributed by atoms with Crippen LogP contribution in [0.2, 0.25) is 0 Å². The summed E-state index contributed by atoms with van der Waals surface area (Å²) in [6.07, 6.45) is 13.8. The van der Waals surface area contributed by atoms with Gasteiger partial charge in [0.05, 0.1) is 5.41 Å². The van der Waals surface area contributed by atoms with E-state index in [1.54, 1.807) is 0 Å². The van der Waals surface area contributed by atoms with E-state index in [1.165, 1.54) is 22.4 Å². The normalized spacial score (nSPS) is 42.0. The first kappa shape index (κ1) is 31.5. The summed E-state index contributed by atoms with van der Waals surface area (Å²) in [7, 11) is 0. The largest absolute Gasteiger partial charge is 0.462 e. The lowest BCUT2D eigenvalue weighted by Gasteiger charge is -2.71. The summed E-state index contributed by atoms with van der Waals surface area (Å²) in [5, 5.41) is 0. The highest BCUT2D eigenvalue weighted by molar-refractivity contribution is 5.86. The van der Waals surface area contributed by atoms with Crippen molar-refractivity contribution in [2.24, 2.45) is 50.2 Å². The van der Waals surface area contributed by atoms with Gasteiger partial charge in [0.25, 0.3) is 5.56 Å². The van der Waals surface area contributed by atoms with Crippen LogP contribution in [0, 0.1) is 50.2 Å². The second-order valence-corrected chi connectivity index (χ2v) is 17.3. The Labute approximate surface area is 262 Å². The number of fused-ring (bicyclic) bond motifs is 7. The highest BCUT2D eigenvalue weighted by Crippen LogP contribution is 2.76. The van der Waals surface area contributed by atoms with Crippen molar-refractivity contribution < 1.29 is 14.3 Å². The number of ether oxygens (including phenoxy) is 1. The Balaban J connectivity index is 1.40. The van der Waals surface area contributed by atoms with Crippen molar-refractivity contribution in [1.82, 2.24) is 9.55 Å². The number of allylic oxidation sites excluding steroid dienone is 2. The molecule has 4 saturated carbocycles. The predicted molar refractivity (Wildman–Crippen MR) is 171 cm³/mol. The first-order chi connectivity index (χ1) is 20.4. The number of rotatable bonds is 3. The molecule has 6 rings (SSSR count). The van der Waals surface area contributed by atoms with Crippen LogP contribution < -0.4 is 11.2 Å². The number of aromatic amines is 1. The maximum atomic E-state index is 14.5. The Morgan fingerprint density at radius 2 is 1.64 bits per heavy atom. The number of hydrogen-bond donors (Lipinski definition) is 1. The summed E-state index contributed by atoms with van der Waals surface area (Å²) in [6.45, 7) is 18.8. The molecule has 0 amide bonds. The molecule has 242 valence electrons. The van der Waals surface area contributed by atoms with Gasteiger partial charge in [-0.1, -0.05) is 67.0 Å². The minimum absolute atomic E-state index is 0.0372. The summed E-state index contributed by atoms with van der Waals surface area (Å²) in [5.74, 6) is 0.809. The van der Waals surface area contributed by atoms with Gasteiger partial charge in [-0.25, -0.2) is 9.36 Å². The topological polar surface area (TPSA) is 98.2 Å². The van der Waals surface area contributed by atoms with Gasteiger partial charge in [-0.2, -0.15) is 0 Å². The molecule has 0 aliphatic heterocycles. The quantitative estimate of drug-likeness (QED) is 0.288. The van der Waals surface area contributed by atoms with E-state index >= 15 is 0 Å². The van der Waals surface area contributed by atoms with Gasteiger partial charge in [-0.3, -0.25) is 19.4 Å². The molecule has 0 radical (unpaired) electrons. The summed E-state index contributed by atoms with van der Waals surface area (Å²) in [6, 6.07) is 1.29. The number of nitrogens with one attached hydrogen (secondary N) is 1. The molecule has 0 spiro atoms. The van der Waals surface area contributed by atoms with Crippen LogP contribution in [0.15, 0.2) is 33.5 Å². The lowest BCUT2D eigenvalue weighted by atomic mass is 9.33. The van der Waals surface area contributed by atoms with Crippen LogP contribution in [0.5, 0.6) is 0 Å². The maximum absolute atomic E-state index is 14.5. The molecule has 0 bridgehead atoms. The van der Waals surface area contributed by atoms with Crippen LogP contribution in [-0.2, 0) is 9.53 Å². The molecule has 4 fully saturated rings. The van der Waals surface area contributed by atoms with Crippen molar-refractivity contribution in [3.63, 3.8) is 0 Å². The second-order valence-electron chi connectivity index (χ2n) is 17.3. The van der Waals surface area contributed by atoms with E-state index in [9.17, 15) is 19.2 Å². The van der Waals surface area contributed by atoms with Crippen LogP contribution in [0.25, 0.3) is 0 Å². The Morgan fingerprint density at radius 3 is 2.32 bits per heavy atom. The number of H-pyrrole nitrogens is 1. The average molecular weight is 607 g/mol. The Kier molecular flexibility index (Phi) is 7.19. The standard InChI is InChI=1S/C37H54N2O5/c1-9-29(41)44-27-13-15-34(6)25(33(27,4)5)12-16-36(8)26(34)11-10-23-24-22-32(2,3)17-19-37(24,20-18-35(23,36)7)30(42)39-21-14-28(40)38-31(39)43/h10,14,21,24-27H,9,11-13,15-20,22H2,1-8H3,(H,38,40,43)/t24-,25?,26?,27-,34-,35+,36+,37-/m0/s1. The Morgan fingerprint density at radius 1 is 0.932 bits per heavy atom. The maximum Gasteiger partial charge on any atom is 0.335 e. The number of aromatic nitrogens is 2. The van der Waals surface area contributed by atoms with Crippen LogP contribution in [0.3, 0.4) is 0 Å². The summed E-state index contributed by atoms with van der Waals surface area (Å²) < 4.78 is 7.24. The minimum Gasteiger partial charge on any atom is -0.462 e. The van der Waals surface area contributed by atoms with Crippen molar-refractivity contribution in [1.29, 1.82) is 0 Å². The predicted octanol–water partition coefficient (Wildman–Crippen LogP) is 7.30. The van der Waals surface area contributed by atoms with Crippen molar-refractivity contribution >= 4 is 11.9 Å². The lowest BCUT2D eigenvalue weighted by Crippen LogP contribution is -2.65. The van der Waals surface area contributed by atoms with Gasteiger partial charge in [-0.15, -0.1) is 0 Å². The third-order valence-corrected chi connectivity index (χ3v) is 14.6. The number of carbonyl (C=O) groups excluding carboxylic acids is 2. The third-order valence-electron chi connectivity index (χ3n) is 14.6. The second kappa shape index (κ2) is 10.0. The fourth-order valence-corrected chi connectivity index (χ4v) is 11.9. The molecule has 5 aliphatic rings. The van der Waals surface area contributed by atoms with Gasteiger partial charge in [-0.05, 0) is 104 Å². The SMILES string of the molecule is CCC(=O)O[C@H]1CC[C@@]2(C)C(CC[C@]3(C)C2CC=C2[C@@H]4CC(C)(C)CC[C@]4(C(=O)n4ccc(=O)[nH]c4=O)CC[C@]23C)C1(C)C. The van der Waals surface area contributed by atoms with E-state index in [-0.39, 0.29) is 51.0 Å². The van der Waals surface area contributed by atoms with Crippen molar-refractivity contribution in [2.75, 3.05) is 0 Å². The molecule has 0 aromatic carbocycles. The van der Waals surface area contributed by atoms with Crippen molar-refractivity contribution in [3.05, 3.63) is 44.8 Å². The first-order valence-electron chi connectivity index (χ1n) is 17.2. The average Bonchev–Trinajstić information content (AvgIpc) is 2.94. The fourth-order valence-electron chi connectivity index (χ4n) is 11.9. The first-order valence-corrected chi connectivity index (χ1v) is 17.2. The van der Waals surface area contributed by atoms with Gasteiger partial charge >= 0.3 is 11.7 Å². The smallest absolute Gasteiger partial charge is 0.335 e. The number of carbonyl (C=O) groups is 2. The van der Waals surface area contributed by atoms with Crippen molar-refractivity contribution in [3.8, 4) is 0 Å². The monoisotopic (exact) mass is 606 g/mol.